The Bertz CT molecular complexity index is 821. The van der Waals surface area contributed by atoms with E-state index < -0.39 is 0 Å². The van der Waals surface area contributed by atoms with Crippen molar-refractivity contribution in [3.05, 3.63) is 63.2 Å². The Morgan fingerprint density at radius 2 is 1.84 bits per heavy atom. The zero-order valence-electron chi connectivity index (χ0n) is 9.76. The van der Waals surface area contributed by atoms with Crippen LogP contribution in [0.2, 0.25) is 0 Å². The third kappa shape index (κ3) is 2.15. The predicted molar refractivity (Wildman–Crippen MR) is 77.3 cm³/mol. The minimum absolute atomic E-state index is 0.0628. The Balaban J connectivity index is 2.28. The number of para-hydroxylation sites is 1. The standard InChI is InChI=1S/C15H9BrO3/c16-9-5-6-11(12(17)7-9)15-8-13(18)10-3-1-2-4-14(10)19-15/h1-8,17H. The predicted octanol–water partition coefficient (Wildman–Crippen LogP) is 3.93. The van der Waals surface area contributed by atoms with Gasteiger partial charge in [-0.25, -0.2) is 0 Å². The zero-order valence-corrected chi connectivity index (χ0v) is 11.3. The maximum atomic E-state index is 12.0. The maximum Gasteiger partial charge on any atom is 0.193 e. The van der Waals surface area contributed by atoms with E-state index in [0.29, 0.717) is 22.3 Å². The van der Waals surface area contributed by atoms with Gasteiger partial charge in [-0.05, 0) is 30.3 Å². The molecule has 2 aromatic carbocycles. The van der Waals surface area contributed by atoms with E-state index in [1.165, 1.54) is 6.07 Å². The SMILES string of the molecule is O=c1cc(-c2ccc(Br)cc2O)oc2ccccc12. The van der Waals surface area contributed by atoms with E-state index in [4.69, 9.17) is 4.42 Å². The number of phenolic OH excluding ortho intramolecular Hbond substituents is 1. The van der Waals surface area contributed by atoms with Crippen LogP contribution in [0.15, 0.2) is 62.2 Å². The molecule has 19 heavy (non-hydrogen) atoms. The van der Waals surface area contributed by atoms with Crippen molar-refractivity contribution >= 4 is 26.9 Å². The van der Waals surface area contributed by atoms with Crippen molar-refractivity contribution in [2.24, 2.45) is 0 Å². The average Bonchev–Trinajstić information content (AvgIpc) is 2.38. The van der Waals surface area contributed by atoms with Crippen LogP contribution in [0, 0.1) is 0 Å². The van der Waals surface area contributed by atoms with Gasteiger partial charge in [-0.15, -0.1) is 0 Å². The molecule has 0 aliphatic carbocycles. The molecule has 94 valence electrons. The van der Waals surface area contributed by atoms with E-state index in [-0.39, 0.29) is 11.2 Å². The second-order valence-corrected chi connectivity index (χ2v) is 5.05. The van der Waals surface area contributed by atoms with E-state index in [1.807, 2.05) is 0 Å². The van der Waals surface area contributed by atoms with Crippen molar-refractivity contribution in [3.8, 4) is 17.1 Å². The molecule has 0 radical (unpaired) electrons. The first-order valence-electron chi connectivity index (χ1n) is 5.67. The molecule has 0 fully saturated rings. The van der Waals surface area contributed by atoms with Crippen molar-refractivity contribution in [1.29, 1.82) is 0 Å². The molecular formula is C15H9BrO3. The topological polar surface area (TPSA) is 50.4 Å². The van der Waals surface area contributed by atoms with Gasteiger partial charge < -0.3 is 9.52 Å². The smallest absolute Gasteiger partial charge is 0.193 e. The number of phenols is 1. The Morgan fingerprint density at radius 1 is 1.05 bits per heavy atom. The summed E-state index contributed by atoms with van der Waals surface area (Å²) in [6, 6.07) is 13.5. The fourth-order valence-electron chi connectivity index (χ4n) is 1.95. The van der Waals surface area contributed by atoms with Gasteiger partial charge in [0.15, 0.2) is 5.43 Å². The van der Waals surface area contributed by atoms with E-state index in [0.717, 1.165) is 4.47 Å². The Kier molecular flexibility index (Phi) is 2.87. The minimum atomic E-state index is -0.126. The molecule has 0 saturated carbocycles. The van der Waals surface area contributed by atoms with Crippen LogP contribution in [-0.4, -0.2) is 5.11 Å². The Labute approximate surface area is 117 Å². The second kappa shape index (κ2) is 4.55. The van der Waals surface area contributed by atoms with Crippen LogP contribution >= 0.6 is 15.9 Å². The summed E-state index contributed by atoms with van der Waals surface area (Å²) in [5.41, 5.74) is 0.873. The molecule has 0 atom stereocenters. The van der Waals surface area contributed by atoms with Gasteiger partial charge in [0.2, 0.25) is 0 Å². The first-order chi connectivity index (χ1) is 9.15. The molecular weight excluding hydrogens is 308 g/mol. The first-order valence-corrected chi connectivity index (χ1v) is 6.46. The zero-order chi connectivity index (χ0) is 13.4. The fraction of sp³-hybridized carbons (Fsp3) is 0. The summed E-state index contributed by atoms with van der Waals surface area (Å²) in [7, 11) is 0. The van der Waals surface area contributed by atoms with E-state index in [9.17, 15) is 9.90 Å². The quantitative estimate of drug-likeness (QED) is 0.740. The summed E-state index contributed by atoms with van der Waals surface area (Å²) < 4.78 is 6.44. The van der Waals surface area contributed by atoms with E-state index >= 15 is 0 Å². The molecule has 3 aromatic rings. The van der Waals surface area contributed by atoms with Gasteiger partial charge in [-0.1, -0.05) is 28.1 Å². The number of fused-ring (bicyclic) bond motifs is 1. The van der Waals surface area contributed by atoms with Gasteiger partial charge in [-0.3, -0.25) is 4.79 Å². The van der Waals surface area contributed by atoms with Gasteiger partial charge in [0.25, 0.3) is 0 Å². The largest absolute Gasteiger partial charge is 0.507 e. The highest BCUT2D eigenvalue weighted by Crippen LogP contribution is 2.32. The number of rotatable bonds is 1. The lowest BCUT2D eigenvalue weighted by Gasteiger charge is -2.05. The molecule has 1 N–H and O–H groups in total. The number of halogens is 1. The van der Waals surface area contributed by atoms with Gasteiger partial charge in [0.05, 0.1) is 10.9 Å². The van der Waals surface area contributed by atoms with Crippen molar-refractivity contribution in [2.45, 2.75) is 0 Å². The van der Waals surface area contributed by atoms with Crippen molar-refractivity contribution in [1.82, 2.24) is 0 Å². The second-order valence-electron chi connectivity index (χ2n) is 4.13. The fourth-order valence-corrected chi connectivity index (χ4v) is 2.30. The number of hydrogen-bond donors (Lipinski definition) is 1. The molecule has 0 bridgehead atoms. The molecule has 0 amide bonds. The lowest BCUT2D eigenvalue weighted by atomic mass is 10.1. The summed E-state index contributed by atoms with van der Waals surface area (Å²) in [6.45, 7) is 0. The minimum Gasteiger partial charge on any atom is -0.507 e. The normalized spacial score (nSPS) is 10.8. The Hall–Kier alpha value is -2.07. The van der Waals surface area contributed by atoms with Crippen LogP contribution in [0.1, 0.15) is 0 Å². The highest BCUT2D eigenvalue weighted by molar-refractivity contribution is 9.10. The molecule has 3 nitrogen and oxygen atoms in total. The van der Waals surface area contributed by atoms with Crippen LogP contribution in [0.4, 0.5) is 0 Å². The maximum absolute atomic E-state index is 12.0. The van der Waals surface area contributed by atoms with Crippen LogP contribution in [-0.2, 0) is 0 Å². The summed E-state index contributed by atoms with van der Waals surface area (Å²) in [5, 5.41) is 10.4. The summed E-state index contributed by atoms with van der Waals surface area (Å²) in [4.78, 5) is 12.0. The molecule has 3 rings (SSSR count). The molecule has 4 heteroatoms. The average molecular weight is 317 g/mol. The highest BCUT2D eigenvalue weighted by Gasteiger charge is 2.10. The molecule has 0 spiro atoms. The summed E-state index contributed by atoms with van der Waals surface area (Å²) >= 11 is 3.27. The molecule has 1 aromatic heterocycles. The number of benzene rings is 2. The molecule has 0 aliphatic heterocycles. The third-order valence-corrected chi connectivity index (χ3v) is 3.35. The van der Waals surface area contributed by atoms with Crippen molar-refractivity contribution < 1.29 is 9.52 Å². The van der Waals surface area contributed by atoms with Crippen LogP contribution in [0.5, 0.6) is 5.75 Å². The Morgan fingerprint density at radius 3 is 2.63 bits per heavy atom. The lowest BCUT2D eigenvalue weighted by molar-refractivity contribution is 0.474. The molecule has 0 aliphatic rings. The highest BCUT2D eigenvalue weighted by atomic mass is 79.9. The van der Waals surface area contributed by atoms with Crippen molar-refractivity contribution in [2.75, 3.05) is 0 Å². The van der Waals surface area contributed by atoms with E-state index in [2.05, 4.69) is 15.9 Å². The molecule has 1 heterocycles. The van der Waals surface area contributed by atoms with Crippen LogP contribution < -0.4 is 5.43 Å². The number of aromatic hydroxyl groups is 1. The molecule has 0 saturated heterocycles. The lowest BCUT2D eigenvalue weighted by Crippen LogP contribution is -1.99. The summed E-state index contributed by atoms with van der Waals surface area (Å²) in [5.74, 6) is 0.418. The molecule has 0 unspecified atom stereocenters. The third-order valence-electron chi connectivity index (χ3n) is 2.86. The first kappa shape index (κ1) is 12.0. The van der Waals surface area contributed by atoms with Gasteiger partial charge in [-0.2, -0.15) is 0 Å². The monoisotopic (exact) mass is 316 g/mol. The number of hydrogen-bond acceptors (Lipinski definition) is 3. The van der Waals surface area contributed by atoms with Gasteiger partial charge in [0.1, 0.15) is 17.1 Å². The van der Waals surface area contributed by atoms with Crippen LogP contribution in [0.25, 0.3) is 22.3 Å². The van der Waals surface area contributed by atoms with Gasteiger partial charge in [0, 0.05) is 10.5 Å². The summed E-state index contributed by atoms with van der Waals surface area (Å²) in [6.07, 6.45) is 0. The van der Waals surface area contributed by atoms with Crippen LogP contribution in [0.3, 0.4) is 0 Å². The van der Waals surface area contributed by atoms with E-state index in [1.54, 1.807) is 42.5 Å². The van der Waals surface area contributed by atoms with Crippen molar-refractivity contribution in [3.63, 3.8) is 0 Å². The van der Waals surface area contributed by atoms with Gasteiger partial charge >= 0.3 is 0 Å².